The average Bonchev–Trinajstić information content (AvgIpc) is 3.48. The van der Waals surface area contributed by atoms with E-state index in [1.807, 2.05) is 4.57 Å². The Balaban J connectivity index is 1.54. The number of aliphatic hydroxyl groups is 2. The topological polar surface area (TPSA) is 119 Å². The number of carbonyl (C=O) groups is 1. The number of aryl methyl sites for hydroxylation is 1. The van der Waals surface area contributed by atoms with E-state index >= 15 is 4.39 Å². The molecule has 9 heteroatoms. The summed E-state index contributed by atoms with van der Waals surface area (Å²) in [6.07, 6.45) is 4.85. The molecule has 4 N–H and O–H groups in total. The average molecular weight is 476 g/mol. The van der Waals surface area contributed by atoms with Gasteiger partial charge in [-0.1, -0.05) is 11.8 Å². The first-order valence-corrected chi connectivity index (χ1v) is 11.9. The maximum Gasteiger partial charge on any atom is 0.269 e. The number of hydrogen-bond donors (Lipinski definition) is 3. The predicted molar refractivity (Wildman–Crippen MR) is 125 cm³/mol. The van der Waals surface area contributed by atoms with Crippen molar-refractivity contribution in [1.29, 1.82) is 0 Å². The van der Waals surface area contributed by atoms with Gasteiger partial charge in [0.05, 0.1) is 17.0 Å². The van der Waals surface area contributed by atoms with Gasteiger partial charge in [0.1, 0.15) is 23.3 Å². The second kappa shape index (κ2) is 7.77. The first-order chi connectivity index (χ1) is 16.8. The van der Waals surface area contributed by atoms with E-state index < -0.39 is 23.4 Å². The van der Waals surface area contributed by atoms with Crippen LogP contribution in [-0.4, -0.2) is 41.1 Å². The molecule has 180 valence electrons. The number of amides is 1. The molecule has 4 heterocycles. The molecule has 7 rings (SSSR count). The van der Waals surface area contributed by atoms with Crippen LogP contribution in [0.2, 0.25) is 0 Å². The van der Waals surface area contributed by atoms with Crippen molar-refractivity contribution < 1.29 is 19.4 Å². The summed E-state index contributed by atoms with van der Waals surface area (Å²) in [7, 11) is 1.71. The number of primary amides is 1. The van der Waals surface area contributed by atoms with Gasteiger partial charge in [0.15, 0.2) is 5.69 Å². The minimum atomic E-state index is -1.16. The Bertz CT molecular complexity index is 1420. The molecule has 0 saturated heterocycles. The van der Waals surface area contributed by atoms with E-state index in [1.165, 1.54) is 6.07 Å². The molecular weight excluding hydrogens is 449 g/mol. The Morgan fingerprint density at radius 1 is 1.31 bits per heavy atom. The summed E-state index contributed by atoms with van der Waals surface area (Å²) in [6.45, 7) is 0. The zero-order valence-electron chi connectivity index (χ0n) is 19.3. The zero-order valence-corrected chi connectivity index (χ0v) is 19.3. The molecule has 2 aliphatic carbocycles. The molecule has 3 aromatic rings. The van der Waals surface area contributed by atoms with Crippen molar-refractivity contribution >= 4 is 5.91 Å². The van der Waals surface area contributed by atoms with E-state index in [2.05, 4.69) is 21.9 Å². The lowest BCUT2D eigenvalue weighted by Gasteiger charge is -2.36. The number of aliphatic hydroxyl groups excluding tert-OH is 1. The van der Waals surface area contributed by atoms with Crippen molar-refractivity contribution in [3.63, 3.8) is 0 Å². The van der Waals surface area contributed by atoms with Gasteiger partial charge in [0, 0.05) is 24.8 Å². The van der Waals surface area contributed by atoms with E-state index in [0.717, 1.165) is 31.2 Å². The number of nitrogens with zero attached hydrogens (tertiary/aromatic N) is 4. The molecule has 8 nitrogen and oxygen atoms in total. The number of imidazole rings is 1. The molecule has 1 unspecified atom stereocenters. The van der Waals surface area contributed by atoms with Crippen LogP contribution in [0.15, 0.2) is 24.4 Å². The Morgan fingerprint density at radius 2 is 2.06 bits per heavy atom. The maximum absolute atomic E-state index is 15.1. The van der Waals surface area contributed by atoms with Gasteiger partial charge in [-0.2, -0.15) is 5.10 Å². The third-order valence-corrected chi connectivity index (χ3v) is 7.74. The van der Waals surface area contributed by atoms with Crippen LogP contribution < -0.4 is 5.73 Å². The highest BCUT2D eigenvalue weighted by molar-refractivity contribution is 5.93. The van der Waals surface area contributed by atoms with Crippen LogP contribution in [0.1, 0.15) is 89.6 Å². The van der Waals surface area contributed by atoms with Crippen molar-refractivity contribution in [3.8, 4) is 23.2 Å². The van der Waals surface area contributed by atoms with Gasteiger partial charge in [0.25, 0.3) is 5.91 Å². The van der Waals surface area contributed by atoms with Gasteiger partial charge in [-0.25, -0.2) is 9.37 Å². The van der Waals surface area contributed by atoms with Crippen molar-refractivity contribution in [3.05, 3.63) is 58.4 Å². The zero-order chi connectivity index (χ0) is 24.5. The molecule has 4 aliphatic rings. The minimum absolute atomic E-state index is 0.00215. The van der Waals surface area contributed by atoms with E-state index in [1.54, 1.807) is 30.1 Å². The summed E-state index contributed by atoms with van der Waals surface area (Å²) in [5.41, 5.74) is 7.09. The molecule has 2 saturated carbocycles. The highest BCUT2D eigenvalue weighted by Crippen LogP contribution is 2.54. The summed E-state index contributed by atoms with van der Waals surface area (Å²) in [5.74, 6) is 5.16. The van der Waals surface area contributed by atoms with Gasteiger partial charge in [-0.05, 0) is 68.2 Å². The lowest BCUT2D eigenvalue weighted by molar-refractivity contribution is 0.0987. The largest absolute Gasteiger partial charge is 0.380 e. The van der Waals surface area contributed by atoms with E-state index in [9.17, 15) is 15.0 Å². The minimum Gasteiger partial charge on any atom is -0.380 e. The third kappa shape index (κ3) is 3.39. The van der Waals surface area contributed by atoms with Gasteiger partial charge in [-0.15, -0.1) is 0 Å². The van der Waals surface area contributed by atoms with Crippen LogP contribution in [0.3, 0.4) is 0 Å². The van der Waals surface area contributed by atoms with E-state index in [0.29, 0.717) is 35.6 Å². The van der Waals surface area contributed by atoms with Gasteiger partial charge < -0.3 is 20.5 Å². The van der Waals surface area contributed by atoms with E-state index in [4.69, 9.17) is 5.73 Å². The standard InChI is InChI=1S/C26H26FN5O3/c1-31-20(5-9-29-31)23(33)22-21(24(28)34)30-25-18-12-14(4-8-26(35)6-2-3-7-26)19(27)13-17(18)15-10-16(11-15)32(22)25/h5,9,12-13,15-16,23,33,35H,2-3,6-7,10-11H2,1H3,(H2,28,34). The van der Waals surface area contributed by atoms with Crippen LogP contribution in [0.5, 0.6) is 0 Å². The fraction of sp³-hybridized carbons (Fsp3) is 0.423. The lowest BCUT2D eigenvalue weighted by atomic mass is 9.75. The molecule has 2 bridgehead atoms. The number of hydrogen-bond acceptors (Lipinski definition) is 5. The van der Waals surface area contributed by atoms with Gasteiger partial charge in [0.2, 0.25) is 0 Å². The number of aromatic nitrogens is 4. The number of nitrogens with two attached hydrogens (primary N) is 1. The highest BCUT2D eigenvalue weighted by atomic mass is 19.1. The van der Waals surface area contributed by atoms with Crippen molar-refractivity contribution in [2.24, 2.45) is 12.8 Å². The predicted octanol–water partition coefficient (Wildman–Crippen LogP) is 2.69. The smallest absolute Gasteiger partial charge is 0.269 e. The van der Waals surface area contributed by atoms with Gasteiger partial charge in [-0.3, -0.25) is 9.48 Å². The fourth-order valence-corrected chi connectivity index (χ4v) is 5.78. The van der Waals surface area contributed by atoms with Crippen molar-refractivity contribution in [1.82, 2.24) is 19.3 Å². The Labute approximate surface area is 201 Å². The number of carbonyl (C=O) groups excluding carboxylic acids is 1. The maximum atomic E-state index is 15.1. The quantitative estimate of drug-likeness (QED) is 0.503. The lowest BCUT2D eigenvalue weighted by Crippen LogP contribution is -2.27. The number of rotatable bonds is 3. The van der Waals surface area contributed by atoms with Crippen LogP contribution in [-0.2, 0) is 7.05 Å². The van der Waals surface area contributed by atoms with Crippen LogP contribution in [0.4, 0.5) is 4.39 Å². The van der Waals surface area contributed by atoms with Crippen molar-refractivity contribution in [2.45, 2.75) is 62.2 Å². The van der Waals surface area contributed by atoms with Crippen LogP contribution in [0.25, 0.3) is 11.4 Å². The number of halogens is 1. The normalized spacial score (nSPS) is 22.3. The Hall–Kier alpha value is -3.48. The monoisotopic (exact) mass is 475 g/mol. The molecule has 1 atom stereocenters. The molecule has 0 spiro atoms. The number of benzene rings is 1. The molecule has 1 aromatic carbocycles. The summed E-state index contributed by atoms with van der Waals surface area (Å²) >= 11 is 0. The molecule has 0 radical (unpaired) electrons. The van der Waals surface area contributed by atoms with Crippen LogP contribution >= 0.6 is 0 Å². The second-order valence-corrected chi connectivity index (χ2v) is 9.92. The summed E-state index contributed by atoms with van der Waals surface area (Å²) < 4.78 is 18.5. The Kier molecular flexibility index (Phi) is 4.88. The molecular formula is C26H26FN5O3. The fourth-order valence-electron chi connectivity index (χ4n) is 5.78. The summed E-state index contributed by atoms with van der Waals surface area (Å²) in [4.78, 5) is 17.0. The molecule has 2 fully saturated rings. The summed E-state index contributed by atoms with van der Waals surface area (Å²) in [5, 5.41) is 26.0. The second-order valence-electron chi connectivity index (χ2n) is 9.92. The van der Waals surface area contributed by atoms with Crippen LogP contribution in [0, 0.1) is 17.7 Å². The van der Waals surface area contributed by atoms with Gasteiger partial charge >= 0.3 is 0 Å². The summed E-state index contributed by atoms with van der Waals surface area (Å²) in [6, 6.07) is 4.84. The first-order valence-electron chi connectivity index (χ1n) is 11.9. The third-order valence-electron chi connectivity index (χ3n) is 7.74. The first kappa shape index (κ1) is 22.0. The van der Waals surface area contributed by atoms with Crippen molar-refractivity contribution in [2.75, 3.05) is 0 Å². The molecule has 35 heavy (non-hydrogen) atoms. The Morgan fingerprint density at radius 3 is 2.71 bits per heavy atom. The molecule has 2 aromatic heterocycles. The molecule has 2 aliphatic heterocycles. The highest BCUT2D eigenvalue weighted by Gasteiger charge is 2.43. The molecule has 1 amide bonds. The SMILES string of the molecule is Cn1nccc1C(O)c1c(C(N)=O)nc2n1C1CC(C1)c1cc(F)c(C#CC3(O)CCCC3)cc1-2. The van der Waals surface area contributed by atoms with E-state index in [-0.39, 0.29) is 23.2 Å².